The lowest BCUT2D eigenvalue weighted by molar-refractivity contribution is 0.155. The molecule has 1 fully saturated rings. The summed E-state index contributed by atoms with van der Waals surface area (Å²) in [5.74, 6) is 0.734. The number of nitrogens with zero attached hydrogens (tertiary/aromatic N) is 2. The predicted octanol–water partition coefficient (Wildman–Crippen LogP) is 4.36. The fourth-order valence-electron chi connectivity index (χ4n) is 3.94. The molecule has 2 aromatic rings. The van der Waals surface area contributed by atoms with Crippen molar-refractivity contribution in [3.63, 3.8) is 0 Å². The van der Waals surface area contributed by atoms with Crippen LogP contribution in [0.4, 0.5) is 0 Å². The summed E-state index contributed by atoms with van der Waals surface area (Å²) in [5.41, 5.74) is 1.94. The lowest BCUT2D eigenvalue weighted by Crippen LogP contribution is -2.40. The molecular formula is C21H27ClN2O2. The molecular weight excluding hydrogens is 348 g/mol. The van der Waals surface area contributed by atoms with Gasteiger partial charge in [-0.2, -0.15) is 0 Å². The highest BCUT2D eigenvalue weighted by molar-refractivity contribution is 6.31. The average molecular weight is 375 g/mol. The predicted molar refractivity (Wildman–Crippen MR) is 106 cm³/mol. The Morgan fingerprint density at radius 2 is 1.92 bits per heavy atom. The van der Waals surface area contributed by atoms with Crippen molar-refractivity contribution in [3.8, 4) is 5.75 Å². The molecule has 1 atom stereocenters. The lowest BCUT2D eigenvalue weighted by Gasteiger charge is -2.37. The number of benzene rings is 1. The van der Waals surface area contributed by atoms with E-state index in [1.165, 1.54) is 0 Å². The minimum atomic E-state index is -0.331. The first-order valence-electron chi connectivity index (χ1n) is 9.35. The third-order valence-corrected chi connectivity index (χ3v) is 5.84. The number of halogens is 1. The number of aromatic nitrogens is 1. The average Bonchev–Trinajstić information content (AvgIpc) is 2.61. The quantitative estimate of drug-likeness (QED) is 0.864. The smallest absolute Gasteiger partial charge is 0.259 e. The van der Waals surface area contributed by atoms with Crippen LogP contribution in [0.25, 0.3) is 0 Å². The van der Waals surface area contributed by atoms with E-state index in [1.54, 1.807) is 10.6 Å². The fourth-order valence-corrected chi connectivity index (χ4v) is 4.18. The van der Waals surface area contributed by atoms with Gasteiger partial charge in [-0.1, -0.05) is 36.7 Å². The molecule has 4 nitrogen and oxygen atoms in total. The zero-order valence-electron chi connectivity index (χ0n) is 15.7. The molecule has 0 bridgehead atoms. The maximum absolute atomic E-state index is 13.2. The number of hydrogen-bond donors (Lipinski definition) is 1. The number of likely N-dealkylation sites (tertiary alicyclic amines) is 1. The number of pyridine rings is 1. The van der Waals surface area contributed by atoms with Crippen molar-refractivity contribution in [2.24, 2.45) is 5.92 Å². The van der Waals surface area contributed by atoms with Gasteiger partial charge in [0.15, 0.2) is 0 Å². The standard InChI is InChI=1S/C21H27ClN2O2/c1-4-24-15(3)13-18(25)19(21(24)26)20(16-7-5-6-8-17(16)22)23-11-9-14(2)10-12-23/h5-8,13-14,20,25H,4,9-12H2,1-3H3/t20-/m0/s1. The molecule has 0 saturated carbocycles. The molecule has 140 valence electrons. The van der Waals surface area contributed by atoms with Crippen molar-refractivity contribution in [3.05, 3.63) is 62.5 Å². The van der Waals surface area contributed by atoms with Gasteiger partial charge in [-0.05, 0) is 63.4 Å². The van der Waals surface area contributed by atoms with Gasteiger partial charge < -0.3 is 9.67 Å². The summed E-state index contributed by atoms with van der Waals surface area (Å²) in [6, 6.07) is 8.99. The van der Waals surface area contributed by atoms with Crippen molar-refractivity contribution in [1.29, 1.82) is 0 Å². The highest BCUT2D eigenvalue weighted by atomic mass is 35.5. The van der Waals surface area contributed by atoms with Gasteiger partial charge in [0.1, 0.15) is 5.75 Å². The first-order chi connectivity index (χ1) is 12.4. The summed E-state index contributed by atoms with van der Waals surface area (Å²) in [6.07, 6.45) is 2.16. The van der Waals surface area contributed by atoms with Gasteiger partial charge >= 0.3 is 0 Å². The van der Waals surface area contributed by atoms with Crippen LogP contribution in [-0.2, 0) is 6.54 Å². The number of aromatic hydroxyl groups is 1. The fraction of sp³-hybridized carbons (Fsp3) is 0.476. The minimum Gasteiger partial charge on any atom is -0.507 e. The molecule has 1 N–H and O–H groups in total. The molecule has 2 heterocycles. The maximum atomic E-state index is 13.2. The molecule has 3 rings (SSSR count). The number of rotatable bonds is 4. The molecule has 26 heavy (non-hydrogen) atoms. The number of piperidine rings is 1. The molecule has 0 unspecified atom stereocenters. The molecule has 5 heteroatoms. The van der Waals surface area contributed by atoms with Crippen molar-refractivity contribution < 1.29 is 5.11 Å². The van der Waals surface area contributed by atoms with Gasteiger partial charge in [-0.15, -0.1) is 0 Å². The van der Waals surface area contributed by atoms with Crippen molar-refractivity contribution in [2.45, 2.75) is 46.2 Å². The van der Waals surface area contributed by atoms with Crippen molar-refractivity contribution in [2.75, 3.05) is 13.1 Å². The van der Waals surface area contributed by atoms with Gasteiger partial charge in [-0.25, -0.2) is 0 Å². The Hall–Kier alpha value is -1.78. The SMILES string of the molecule is CCn1c(C)cc(O)c([C@H](c2ccccc2Cl)N2CCC(C)CC2)c1=O. The van der Waals surface area contributed by atoms with Crippen LogP contribution in [0.5, 0.6) is 5.75 Å². The molecule has 0 aliphatic carbocycles. The lowest BCUT2D eigenvalue weighted by atomic mass is 9.92. The summed E-state index contributed by atoms with van der Waals surface area (Å²) >= 11 is 6.51. The summed E-state index contributed by atoms with van der Waals surface area (Å²) in [5, 5.41) is 11.3. The zero-order valence-corrected chi connectivity index (χ0v) is 16.5. The summed E-state index contributed by atoms with van der Waals surface area (Å²) in [4.78, 5) is 15.5. The van der Waals surface area contributed by atoms with Gasteiger partial charge in [0.25, 0.3) is 5.56 Å². The second-order valence-corrected chi connectivity index (χ2v) is 7.68. The molecule has 1 aromatic carbocycles. The van der Waals surface area contributed by atoms with Gasteiger partial charge in [-0.3, -0.25) is 9.69 Å². The third kappa shape index (κ3) is 3.53. The van der Waals surface area contributed by atoms with Crippen LogP contribution in [0, 0.1) is 12.8 Å². The van der Waals surface area contributed by atoms with Crippen molar-refractivity contribution >= 4 is 11.6 Å². The maximum Gasteiger partial charge on any atom is 0.259 e. The van der Waals surface area contributed by atoms with E-state index in [-0.39, 0.29) is 17.4 Å². The van der Waals surface area contributed by atoms with E-state index in [0.29, 0.717) is 23.0 Å². The van der Waals surface area contributed by atoms with E-state index in [1.807, 2.05) is 38.1 Å². The first-order valence-corrected chi connectivity index (χ1v) is 9.73. The van der Waals surface area contributed by atoms with Crippen LogP contribution in [0.15, 0.2) is 35.1 Å². The molecule has 0 amide bonds. The number of hydrogen-bond acceptors (Lipinski definition) is 3. The van der Waals surface area contributed by atoms with E-state index < -0.39 is 0 Å². The zero-order chi connectivity index (χ0) is 18.8. The third-order valence-electron chi connectivity index (χ3n) is 5.50. The second kappa shape index (κ2) is 7.85. The Labute approximate surface area is 160 Å². The van der Waals surface area contributed by atoms with E-state index in [2.05, 4.69) is 11.8 Å². The van der Waals surface area contributed by atoms with Crippen LogP contribution in [0.1, 0.15) is 49.6 Å². The Kier molecular flexibility index (Phi) is 5.73. The molecule has 0 spiro atoms. The molecule has 1 aromatic heterocycles. The number of aryl methyl sites for hydroxylation is 1. The molecule has 1 aliphatic heterocycles. The Morgan fingerprint density at radius 3 is 2.54 bits per heavy atom. The van der Waals surface area contributed by atoms with E-state index in [9.17, 15) is 9.90 Å². The Balaban J connectivity index is 2.19. The molecule has 1 aliphatic rings. The van der Waals surface area contributed by atoms with Crippen LogP contribution in [-0.4, -0.2) is 27.7 Å². The molecule has 1 saturated heterocycles. The monoisotopic (exact) mass is 374 g/mol. The van der Waals surface area contributed by atoms with Gasteiger partial charge in [0, 0.05) is 17.3 Å². The largest absolute Gasteiger partial charge is 0.507 e. The van der Waals surface area contributed by atoms with Gasteiger partial charge in [0.05, 0.1) is 11.6 Å². The Morgan fingerprint density at radius 1 is 1.27 bits per heavy atom. The summed E-state index contributed by atoms with van der Waals surface area (Å²) < 4.78 is 1.71. The van der Waals surface area contributed by atoms with Crippen LogP contribution >= 0.6 is 11.6 Å². The highest BCUT2D eigenvalue weighted by Crippen LogP contribution is 2.37. The van der Waals surface area contributed by atoms with Crippen LogP contribution in [0.2, 0.25) is 5.02 Å². The van der Waals surface area contributed by atoms with E-state index in [4.69, 9.17) is 11.6 Å². The van der Waals surface area contributed by atoms with Crippen LogP contribution in [0.3, 0.4) is 0 Å². The Bertz CT molecular complexity index is 838. The second-order valence-electron chi connectivity index (χ2n) is 7.28. The minimum absolute atomic E-state index is 0.0562. The summed E-state index contributed by atoms with van der Waals surface area (Å²) in [6.45, 7) is 8.40. The normalized spacial score (nSPS) is 17.4. The van der Waals surface area contributed by atoms with Gasteiger partial charge in [0.2, 0.25) is 0 Å². The van der Waals surface area contributed by atoms with Crippen molar-refractivity contribution in [1.82, 2.24) is 9.47 Å². The molecule has 0 radical (unpaired) electrons. The first kappa shape index (κ1) is 19.0. The van der Waals surface area contributed by atoms with E-state index >= 15 is 0 Å². The van der Waals surface area contributed by atoms with E-state index in [0.717, 1.165) is 37.2 Å². The topological polar surface area (TPSA) is 45.5 Å². The highest BCUT2D eigenvalue weighted by Gasteiger charge is 2.32. The summed E-state index contributed by atoms with van der Waals surface area (Å²) in [7, 11) is 0. The van der Waals surface area contributed by atoms with Crippen LogP contribution < -0.4 is 5.56 Å².